The molecule has 3 aromatic carbocycles. The van der Waals surface area contributed by atoms with Crippen molar-refractivity contribution in [2.45, 2.75) is 39.5 Å². The molecule has 2 N–H and O–H groups in total. The summed E-state index contributed by atoms with van der Waals surface area (Å²) in [5.41, 5.74) is 6.13. The summed E-state index contributed by atoms with van der Waals surface area (Å²) in [5, 5.41) is 22.1. The van der Waals surface area contributed by atoms with Crippen LogP contribution < -0.4 is 5.46 Å². The lowest BCUT2D eigenvalue weighted by Gasteiger charge is -2.15. The van der Waals surface area contributed by atoms with Crippen molar-refractivity contribution in [1.29, 1.82) is 0 Å². The molecule has 3 nitrogen and oxygen atoms in total. The van der Waals surface area contributed by atoms with Crippen LogP contribution in [0.15, 0.2) is 60.7 Å². The van der Waals surface area contributed by atoms with E-state index in [9.17, 15) is 10.0 Å². The quantitative estimate of drug-likeness (QED) is 0.511. The third kappa shape index (κ3) is 3.13. The summed E-state index contributed by atoms with van der Waals surface area (Å²) in [6.45, 7) is 8.66. The molecule has 1 aromatic heterocycles. The molecule has 142 valence electrons. The second kappa shape index (κ2) is 7.12. The van der Waals surface area contributed by atoms with Crippen LogP contribution >= 0.6 is 0 Å². The van der Waals surface area contributed by atoms with Crippen molar-refractivity contribution in [2.75, 3.05) is 0 Å². The van der Waals surface area contributed by atoms with E-state index in [1.165, 1.54) is 16.3 Å². The zero-order chi connectivity index (χ0) is 20.0. The molecule has 4 heteroatoms. The van der Waals surface area contributed by atoms with Gasteiger partial charge >= 0.3 is 7.12 Å². The Balaban J connectivity index is 2.08. The molecule has 28 heavy (non-hydrogen) atoms. The second-order valence-corrected chi connectivity index (χ2v) is 8.17. The van der Waals surface area contributed by atoms with Crippen molar-refractivity contribution >= 4 is 34.4 Å². The van der Waals surface area contributed by atoms with Crippen LogP contribution in [0.5, 0.6) is 0 Å². The number of fused-ring (bicyclic) bond motifs is 3. The number of nitrogens with zero attached hydrogens (tertiary/aromatic N) is 1. The summed E-state index contributed by atoms with van der Waals surface area (Å²) in [7, 11) is -1.49. The Morgan fingerprint density at radius 3 is 2.07 bits per heavy atom. The highest BCUT2D eigenvalue weighted by Gasteiger charge is 2.18. The summed E-state index contributed by atoms with van der Waals surface area (Å²) in [6, 6.07) is 21.0. The number of rotatable bonds is 4. The average Bonchev–Trinajstić information content (AvgIpc) is 3.01. The van der Waals surface area contributed by atoms with Crippen molar-refractivity contribution in [3.05, 3.63) is 71.8 Å². The van der Waals surface area contributed by atoms with Gasteiger partial charge in [-0.05, 0) is 58.8 Å². The van der Waals surface area contributed by atoms with Crippen LogP contribution in [0.3, 0.4) is 0 Å². The minimum Gasteiger partial charge on any atom is -0.423 e. The lowest BCUT2D eigenvalue weighted by atomic mass is 9.78. The van der Waals surface area contributed by atoms with Crippen LogP contribution in [0.1, 0.15) is 50.7 Å². The fourth-order valence-electron chi connectivity index (χ4n) is 3.90. The van der Waals surface area contributed by atoms with Gasteiger partial charge in [-0.25, -0.2) is 0 Å². The van der Waals surface area contributed by atoms with Crippen molar-refractivity contribution in [2.24, 2.45) is 0 Å². The van der Waals surface area contributed by atoms with E-state index in [1.807, 2.05) is 12.1 Å². The van der Waals surface area contributed by atoms with Crippen LogP contribution in [0.25, 0.3) is 27.5 Å². The van der Waals surface area contributed by atoms with E-state index in [2.05, 4.69) is 80.8 Å². The Labute approximate surface area is 166 Å². The van der Waals surface area contributed by atoms with Gasteiger partial charge in [0.25, 0.3) is 0 Å². The molecule has 0 aliphatic heterocycles. The summed E-state index contributed by atoms with van der Waals surface area (Å²) < 4.78 is 2.23. The molecule has 0 amide bonds. The van der Waals surface area contributed by atoms with Crippen LogP contribution in [0.2, 0.25) is 0 Å². The summed E-state index contributed by atoms with van der Waals surface area (Å²) in [6.07, 6.45) is 0. The molecule has 0 spiro atoms. The lowest BCUT2D eigenvalue weighted by molar-refractivity contribution is 0.425. The average molecular weight is 371 g/mol. The number of hydrogen-bond acceptors (Lipinski definition) is 2. The predicted molar refractivity (Wildman–Crippen MR) is 119 cm³/mol. The van der Waals surface area contributed by atoms with Crippen molar-refractivity contribution in [1.82, 2.24) is 4.57 Å². The molecule has 0 bridgehead atoms. The molecular formula is C24H26BNO2. The smallest absolute Gasteiger partial charge is 0.423 e. The zero-order valence-corrected chi connectivity index (χ0v) is 16.8. The maximum absolute atomic E-state index is 9.82. The largest absolute Gasteiger partial charge is 0.488 e. The van der Waals surface area contributed by atoms with Crippen molar-refractivity contribution in [3.8, 4) is 5.69 Å². The Kier molecular flexibility index (Phi) is 4.78. The summed E-state index contributed by atoms with van der Waals surface area (Å²) in [5.74, 6) is 0.755. The van der Waals surface area contributed by atoms with Gasteiger partial charge in [0.15, 0.2) is 0 Å². The first-order chi connectivity index (χ1) is 13.4. The zero-order valence-electron chi connectivity index (χ0n) is 16.8. The molecule has 0 atom stereocenters. The molecule has 0 radical (unpaired) electrons. The van der Waals surface area contributed by atoms with Gasteiger partial charge in [0, 0.05) is 16.5 Å². The van der Waals surface area contributed by atoms with Gasteiger partial charge in [0.2, 0.25) is 0 Å². The third-order valence-corrected chi connectivity index (χ3v) is 5.55. The Bertz CT molecular complexity index is 1130. The Hall–Kier alpha value is -2.56. The number of benzene rings is 3. The molecule has 0 unspecified atom stereocenters. The minimum absolute atomic E-state index is 0.290. The van der Waals surface area contributed by atoms with E-state index in [-0.39, 0.29) is 5.92 Å². The van der Waals surface area contributed by atoms with Crippen molar-refractivity contribution < 1.29 is 10.0 Å². The fraction of sp³-hybridized carbons (Fsp3) is 0.250. The topological polar surface area (TPSA) is 45.4 Å². The molecule has 0 fully saturated rings. The van der Waals surface area contributed by atoms with Crippen molar-refractivity contribution in [3.63, 3.8) is 0 Å². The minimum atomic E-state index is -1.49. The van der Waals surface area contributed by atoms with E-state index in [0.29, 0.717) is 11.4 Å². The van der Waals surface area contributed by atoms with Gasteiger partial charge in [-0.3, -0.25) is 0 Å². The second-order valence-electron chi connectivity index (χ2n) is 8.17. The standard InChI is InChI=1S/C24H26BNO2/c1-15(2)17-9-10-24-22(13-17)21-7-5-6-8-23(21)26(24)20-12-18(16(3)4)11-19(14-20)25(27)28/h5-16,27-28H,1-4H3. The van der Waals surface area contributed by atoms with Gasteiger partial charge in [0.05, 0.1) is 11.0 Å². The molecule has 1 heterocycles. The third-order valence-electron chi connectivity index (χ3n) is 5.55. The number of aromatic nitrogens is 1. The van der Waals surface area contributed by atoms with Crippen LogP contribution in [-0.4, -0.2) is 21.7 Å². The maximum Gasteiger partial charge on any atom is 0.488 e. The normalized spacial score (nSPS) is 11.9. The Morgan fingerprint density at radius 2 is 1.39 bits per heavy atom. The predicted octanol–water partition coefficient (Wildman–Crippen LogP) is 4.71. The molecule has 0 aliphatic rings. The van der Waals surface area contributed by atoms with Crippen LogP contribution in [0, 0.1) is 0 Å². The number of para-hydroxylation sites is 1. The monoisotopic (exact) mass is 371 g/mol. The van der Waals surface area contributed by atoms with Gasteiger partial charge in [-0.2, -0.15) is 0 Å². The van der Waals surface area contributed by atoms with Gasteiger partial charge < -0.3 is 14.6 Å². The van der Waals surface area contributed by atoms with Gasteiger partial charge in [0.1, 0.15) is 0 Å². The molecular weight excluding hydrogens is 345 g/mol. The van der Waals surface area contributed by atoms with E-state index in [1.54, 1.807) is 0 Å². The summed E-state index contributed by atoms with van der Waals surface area (Å²) in [4.78, 5) is 0. The highest BCUT2D eigenvalue weighted by atomic mass is 16.4. The molecule has 4 aromatic rings. The molecule has 0 saturated heterocycles. The lowest BCUT2D eigenvalue weighted by Crippen LogP contribution is -2.30. The van der Waals surface area contributed by atoms with Crippen LogP contribution in [-0.2, 0) is 0 Å². The molecule has 0 aliphatic carbocycles. The van der Waals surface area contributed by atoms with E-state index < -0.39 is 7.12 Å². The fourth-order valence-corrected chi connectivity index (χ4v) is 3.90. The molecule has 0 saturated carbocycles. The van der Waals surface area contributed by atoms with Crippen LogP contribution in [0.4, 0.5) is 0 Å². The van der Waals surface area contributed by atoms with E-state index >= 15 is 0 Å². The summed E-state index contributed by atoms with van der Waals surface area (Å²) >= 11 is 0. The van der Waals surface area contributed by atoms with Gasteiger partial charge in [-0.1, -0.05) is 58.0 Å². The maximum atomic E-state index is 9.82. The first-order valence-corrected chi connectivity index (χ1v) is 9.91. The first kappa shape index (κ1) is 18.8. The molecule has 4 rings (SSSR count). The van der Waals surface area contributed by atoms with E-state index in [0.717, 1.165) is 22.3 Å². The van der Waals surface area contributed by atoms with Gasteiger partial charge in [-0.15, -0.1) is 0 Å². The SMILES string of the molecule is CC(C)c1cc(B(O)O)cc(-n2c3ccccc3c3cc(C(C)C)ccc32)c1. The van der Waals surface area contributed by atoms with E-state index in [4.69, 9.17) is 0 Å². The highest BCUT2D eigenvalue weighted by Crippen LogP contribution is 2.34. The first-order valence-electron chi connectivity index (χ1n) is 9.91. The number of hydrogen-bond donors (Lipinski definition) is 2. The Morgan fingerprint density at radius 1 is 0.714 bits per heavy atom. The highest BCUT2D eigenvalue weighted by molar-refractivity contribution is 6.58.